The number of hydrogen-bond donors (Lipinski definition) is 0. The maximum absolute atomic E-state index is 6.01. The van der Waals surface area contributed by atoms with E-state index in [4.69, 9.17) is 11.6 Å². The zero-order valence-electron chi connectivity index (χ0n) is 11.9. The molecule has 0 N–H and O–H groups in total. The van der Waals surface area contributed by atoms with Crippen molar-refractivity contribution in [3.63, 3.8) is 0 Å². The molecule has 0 saturated heterocycles. The van der Waals surface area contributed by atoms with Gasteiger partial charge in [-0.25, -0.2) is 0 Å². The second kappa shape index (κ2) is 5.70. The molecule has 0 saturated carbocycles. The maximum Gasteiger partial charge on any atom is 0.0559 e. The minimum absolute atomic E-state index is 0.758. The molecule has 0 aliphatic heterocycles. The lowest BCUT2D eigenvalue weighted by Crippen LogP contribution is -1.94. The maximum atomic E-state index is 6.01. The van der Waals surface area contributed by atoms with Crippen LogP contribution in [0.1, 0.15) is 5.69 Å². The van der Waals surface area contributed by atoms with Crippen LogP contribution in [-0.4, -0.2) is 4.57 Å². The number of hydrogen-bond acceptors (Lipinski definition) is 0. The highest BCUT2D eigenvalue weighted by molar-refractivity contribution is 9.10. The van der Waals surface area contributed by atoms with Crippen LogP contribution in [0.2, 0.25) is 5.02 Å². The Morgan fingerprint density at radius 1 is 0.952 bits per heavy atom. The molecular formula is C18H15BrClN. The summed E-state index contributed by atoms with van der Waals surface area (Å²) in [6, 6.07) is 18.6. The van der Waals surface area contributed by atoms with Gasteiger partial charge in [0.2, 0.25) is 0 Å². The number of aryl methyl sites for hydroxylation is 1. The Kier molecular flexibility index (Phi) is 3.92. The lowest BCUT2D eigenvalue weighted by molar-refractivity contribution is 0.891. The number of nitrogens with zero attached hydrogens (tertiary/aromatic N) is 1. The second-order valence-corrected chi connectivity index (χ2v) is 6.48. The van der Waals surface area contributed by atoms with E-state index < -0.39 is 0 Å². The SMILES string of the molecule is Cc1cc(-c2cccc(Br)c2)c(-c2ccc(Cl)cc2)n1C. The molecule has 0 radical (unpaired) electrons. The molecule has 1 aromatic heterocycles. The predicted octanol–water partition coefficient (Wildman–Crippen LogP) is 6.08. The third-order valence-electron chi connectivity index (χ3n) is 3.73. The first-order valence-corrected chi connectivity index (χ1v) is 7.91. The molecule has 2 aromatic carbocycles. The Morgan fingerprint density at radius 2 is 1.67 bits per heavy atom. The Labute approximate surface area is 138 Å². The van der Waals surface area contributed by atoms with Gasteiger partial charge in [-0.05, 0) is 48.4 Å². The zero-order valence-corrected chi connectivity index (χ0v) is 14.2. The van der Waals surface area contributed by atoms with E-state index in [9.17, 15) is 0 Å². The number of rotatable bonds is 2. The van der Waals surface area contributed by atoms with Gasteiger partial charge >= 0.3 is 0 Å². The van der Waals surface area contributed by atoms with E-state index in [1.807, 2.05) is 18.2 Å². The predicted molar refractivity (Wildman–Crippen MR) is 93.7 cm³/mol. The molecule has 0 unspecified atom stereocenters. The normalized spacial score (nSPS) is 10.9. The van der Waals surface area contributed by atoms with Gasteiger partial charge in [-0.1, -0.05) is 51.8 Å². The number of aromatic nitrogens is 1. The summed E-state index contributed by atoms with van der Waals surface area (Å²) in [7, 11) is 2.10. The van der Waals surface area contributed by atoms with E-state index in [2.05, 4.69) is 70.9 Å². The number of benzene rings is 2. The molecule has 3 rings (SSSR count). The summed E-state index contributed by atoms with van der Waals surface area (Å²) in [5.41, 5.74) is 6.05. The van der Waals surface area contributed by atoms with Crippen LogP contribution < -0.4 is 0 Å². The lowest BCUT2D eigenvalue weighted by atomic mass is 10.0. The summed E-state index contributed by atoms with van der Waals surface area (Å²) in [6.07, 6.45) is 0. The highest BCUT2D eigenvalue weighted by atomic mass is 79.9. The van der Waals surface area contributed by atoms with Crippen LogP contribution in [0.4, 0.5) is 0 Å². The summed E-state index contributed by atoms with van der Waals surface area (Å²) in [6.45, 7) is 2.13. The molecule has 106 valence electrons. The van der Waals surface area contributed by atoms with Gasteiger partial charge in [-0.2, -0.15) is 0 Å². The van der Waals surface area contributed by atoms with Gasteiger partial charge in [-0.3, -0.25) is 0 Å². The van der Waals surface area contributed by atoms with Crippen molar-refractivity contribution in [1.82, 2.24) is 4.57 Å². The Morgan fingerprint density at radius 3 is 2.33 bits per heavy atom. The van der Waals surface area contributed by atoms with Crippen molar-refractivity contribution >= 4 is 27.5 Å². The average molecular weight is 361 g/mol. The molecule has 0 amide bonds. The molecule has 0 aliphatic carbocycles. The Bertz CT molecular complexity index is 787. The highest BCUT2D eigenvalue weighted by Crippen LogP contribution is 2.35. The van der Waals surface area contributed by atoms with Crippen molar-refractivity contribution in [2.45, 2.75) is 6.92 Å². The Balaban J connectivity index is 2.23. The molecule has 21 heavy (non-hydrogen) atoms. The van der Waals surface area contributed by atoms with E-state index in [1.165, 1.54) is 28.1 Å². The molecule has 0 fully saturated rings. The molecule has 0 spiro atoms. The van der Waals surface area contributed by atoms with Gasteiger partial charge in [0.25, 0.3) is 0 Å². The standard InChI is InChI=1S/C18H15BrClN/c1-12-10-17(14-4-3-5-15(19)11-14)18(21(12)2)13-6-8-16(20)9-7-13/h3-11H,1-2H3. The second-order valence-electron chi connectivity index (χ2n) is 5.12. The van der Waals surface area contributed by atoms with Crippen LogP contribution in [0.5, 0.6) is 0 Å². The molecule has 0 atom stereocenters. The summed E-state index contributed by atoms with van der Waals surface area (Å²) in [5, 5.41) is 0.758. The topological polar surface area (TPSA) is 4.93 Å². The third kappa shape index (κ3) is 2.78. The fraction of sp³-hybridized carbons (Fsp3) is 0.111. The first kappa shape index (κ1) is 14.4. The van der Waals surface area contributed by atoms with Gasteiger partial charge in [0, 0.05) is 27.8 Å². The summed E-state index contributed by atoms with van der Waals surface area (Å²) in [4.78, 5) is 0. The monoisotopic (exact) mass is 359 g/mol. The first-order valence-electron chi connectivity index (χ1n) is 6.74. The Hall–Kier alpha value is -1.51. The van der Waals surface area contributed by atoms with E-state index in [-0.39, 0.29) is 0 Å². The van der Waals surface area contributed by atoms with Crippen LogP contribution in [0.25, 0.3) is 22.4 Å². The van der Waals surface area contributed by atoms with Gasteiger partial charge in [0.15, 0.2) is 0 Å². The number of halogens is 2. The lowest BCUT2D eigenvalue weighted by Gasteiger charge is -2.09. The van der Waals surface area contributed by atoms with E-state index in [1.54, 1.807) is 0 Å². The smallest absolute Gasteiger partial charge is 0.0559 e. The van der Waals surface area contributed by atoms with E-state index in [0.29, 0.717) is 0 Å². The molecule has 3 aromatic rings. The molecule has 0 bridgehead atoms. The van der Waals surface area contributed by atoms with Gasteiger partial charge in [0.1, 0.15) is 0 Å². The van der Waals surface area contributed by atoms with Crippen molar-refractivity contribution < 1.29 is 0 Å². The minimum Gasteiger partial charge on any atom is -0.347 e. The molecule has 1 heterocycles. The van der Waals surface area contributed by atoms with Crippen molar-refractivity contribution in [2.75, 3.05) is 0 Å². The fourth-order valence-electron chi connectivity index (χ4n) is 2.56. The fourth-order valence-corrected chi connectivity index (χ4v) is 3.09. The van der Waals surface area contributed by atoms with Crippen molar-refractivity contribution in [1.29, 1.82) is 0 Å². The molecule has 0 aliphatic rings. The molecule has 3 heteroatoms. The van der Waals surface area contributed by atoms with Crippen LogP contribution >= 0.6 is 27.5 Å². The quantitative estimate of drug-likeness (QED) is 0.521. The largest absolute Gasteiger partial charge is 0.347 e. The molecular weight excluding hydrogens is 346 g/mol. The van der Waals surface area contributed by atoms with Crippen LogP contribution in [0.3, 0.4) is 0 Å². The van der Waals surface area contributed by atoms with Crippen LogP contribution in [0.15, 0.2) is 59.1 Å². The molecule has 1 nitrogen and oxygen atoms in total. The summed E-state index contributed by atoms with van der Waals surface area (Å²) >= 11 is 9.56. The van der Waals surface area contributed by atoms with Crippen molar-refractivity contribution in [3.05, 3.63) is 69.8 Å². The van der Waals surface area contributed by atoms with Gasteiger partial charge < -0.3 is 4.57 Å². The average Bonchev–Trinajstić information content (AvgIpc) is 2.76. The van der Waals surface area contributed by atoms with E-state index in [0.717, 1.165) is 9.50 Å². The zero-order chi connectivity index (χ0) is 15.0. The van der Waals surface area contributed by atoms with Gasteiger partial charge in [0.05, 0.1) is 5.69 Å². The highest BCUT2D eigenvalue weighted by Gasteiger charge is 2.14. The van der Waals surface area contributed by atoms with Crippen LogP contribution in [-0.2, 0) is 7.05 Å². The van der Waals surface area contributed by atoms with Crippen molar-refractivity contribution in [3.8, 4) is 22.4 Å². The summed E-state index contributed by atoms with van der Waals surface area (Å²) in [5.74, 6) is 0. The first-order chi connectivity index (χ1) is 10.1. The van der Waals surface area contributed by atoms with Gasteiger partial charge in [-0.15, -0.1) is 0 Å². The van der Waals surface area contributed by atoms with Crippen LogP contribution in [0, 0.1) is 6.92 Å². The van der Waals surface area contributed by atoms with E-state index >= 15 is 0 Å². The summed E-state index contributed by atoms with van der Waals surface area (Å²) < 4.78 is 3.31. The third-order valence-corrected chi connectivity index (χ3v) is 4.47. The minimum atomic E-state index is 0.758. The van der Waals surface area contributed by atoms with Crippen molar-refractivity contribution in [2.24, 2.45) is 7.05 Å².